The molecular weight excluding hydrogens is 392 g/mol. The van der Waals surface area contributed by atoms with E-state index in [1.807, 2.05) is 20.8 Å². The summed E-state index contributed by atoms with van der Waals surface area (Å²) in [7, 11) is -3.41. The summed E-state index contributed by atoms with van der Waals surface area (Å²) in [5.41, 5.74) is 0.643. The first-order valence-corrected chi connectivity index (χ1v) is 11.3. The normalized spacial score (nSPS) is 15.6. The maximum Gasteiger partial charge on any atom is 0.243 e. The van der Waals surface area contributed by atoms with E-state index in [1.165, 1.54) is 4.31 Å². The Morgan fingerprint density at radius 3 is 2.41 bits per heavy atom. The van der Waals surface area contributed by atoms with Crippen LogP contribution >= 0.6 is 0 Å². The molecule has 2 aromatic rings. The van der Waals surface area contributed by atoms with E-state index in [9.17, 15) is 13.2 Å². The van der Waals surface area contributed by atoms with Gasteiger partial charge in [0, 0.05) is 37.9 Å². The summed E-state index contributed by atoms with van der Waals surface area (Å²) in [4.78, 5) is 16.7. The van der Waals surface area contributed by atoms with Crippen LogP contribution in [-0.4, -0.2) is 41.9 Å². The number of sulfonamides is 1. The van der Waals surface area contributed by atoms with E-state index < -0.39 is 10.0 Å². The molecule has 1 aromatic carbocycles. The molecule has 1 saturated heterocycles. The number of aryl methyl sites for hydroxylation is 1. The van der Waals surface area contributed by atoms with E-state index in [1.54, 1.807) is 24.3 Å². The van der Waals surface area contributed by atoms with Crippen LogP contribution in [0.5, 0.6) is 0 Å². The van der Waals surface area contributed by atoms with Crippen LogP contribution in [0.1, 0.15) is 57.3 Å². The van der Waals surface area contributed by atoms with Gasteiger partial charge in [0.25, 0.3) is 0 Å². The van der Waals surface area contributed by atoms with Crippen molar-refractivity contribution >= 4 is 15.9 Å². The second kappa shape index (κ2) is 8.62. The van der Waals surface area contributed by atoms with Crippen LogP contribution in [0, 0.1) is 0 Å². The Kier molecular flexibility index (Phi) is 6.38. The Bertz CT molecular complexity index is 940. The standard InChI is InChI=1S/C20H28N4O4S/c1-20(2,3)19-22-18(28-23-19)11-10-17(25)21-14-15-6-8-16(9-7-15)29(26,27)24-12-4-5-13-24/h6-9H,4-5,10-14H2,1-3H3,(H,21,25). The van der Waals surface area contributed by atoms with Gasteiger partial charge in [-0.2, -0.15) is 9.29 Å². The molecular formula is C20H28N4O4S. The quantitative estimate of drug-likeness (QED) is 0.737. The van der Waals surface area contributed by atoms with Gasteiger partial charge in [-0.15, -0.1) is 0 Å². The molecule has 9 heteroatoms. The van der Waals surface area contributed by atoms with E-state index in [0.29, 0.717) is 42.7 Å². The SMILES string of the molecule is CC(C)(C)c1noc(CCC(=O)NCc2ccc(S(=O)(=O)N3CCCC3)cc2)n1. The highest BCUT2D eigenvalue weighted by Crippen LogP contribution is 2.21. The number of hydrogen-bond acceptors (Lipinski definition) is 6. The molecule has 0 unspecified atom stereocenters. The fourth-order valence-electron chi connectivity index (χ4n) is 3.03. The van der Waals surface area contributed by atoms with Crippen LogP contribution in [0.3, 0.4) is 0 Å². The molecule has 2 heterocycles. The van der Waals surface area contributed by atoms with Crippen LogP contribution in [0.25, 0.3) is 0 Å². The van der Waals surface area contributed by atoms with Gasteiger partial charge in [-0.1, -0.05) is 38.1 Å². The maximum absolute atomic E-state index is 12.5. The third-order valence-corrected chi connectivity index (χ3v) is 6.73. The predicted octanol–water partition coefficient (Wildman–Crippen LogP) is 2.40. The zero-order valence-corrected chi connectivity index (χ0v) is 18.0. The Labute approximate surface area is 171 Å². The summed E-state index contributed by atoms with van der Waals surface area (Å²) < 4.78 is 31.8. The van der Waals surface area contributed by atoms with Gasteiger partial charge in [-0.05, 0) is 30.5 Å². The van der Waals surface area contributed by atoms with Gasteiger partial charge in [0.15, 0.2) is 5.82 Å². The van der Waals surface area contributed by atoms with E-state index in [4.69, 9.17) is 4.52 Å². The third kappa shape index (κ3) is 5.42. The zero-order valence-electron chi connectivity index (χ0n) is 17.1. The summed E-state index contributed by atoms with van der Waals surface area (Å²) in [6, 6.07) is 6.66. The second-order valence-electron chi connectivity index (χ2n) is 8.29. The minimum Gasteiger partial charge on any atom is -0.352 e. The van der Waals surface area contributed by atoms with Crippen molar-refractivity contribution < 1.29 is 17.7 Å². The summed E-state index contributed by atoms with van der Waals surface area (Å²) in [5.74, 6) is 0.938. The zero-order chi connectivity index (χ0) is 21.1. The number of carbonyl (C=O) groups excluding carboxylic acids is 1. The highest BCUT2D eigenvalue weighted by molar-refractivity contribution is 7.89. The van der Waals surface area contributed by atoms with Crippen molar-refractivity contribution in [2.24, 2.45) is 0 Å². The molecule has 1 aromatic heterocycles. The molecule has 0 spiro atoms. The van der Waals surface area contributed by atoms with E-state index >= 15 is 0 Å². The molecule has 0 radical (unpaired) electrons. The highest BCUT2D eigenvalue weighted by Gasteiger charge is 2.27. The first kappa shape index (κ1) is 21.4. The minimum atomic E-state index is -3.41. The van der Waals surface area contributed by atoms with Crippen molar-refractivity contribution in [3.05, 3.63) is 41.5 Å². The van der Waals surface area contributed by atoms with E-state index in [2.05, 4.69) is 15.5 Å². The summed E-state index contributed by atoms with van der Waals surface area (Å²) in [6.07, 6.45) is 2.43. The van der Waals surface area contributed by atoms with Gasteiger partial charge in [0.2, 0.25) is 21.8 Å². The summed E-state index contributed by atoms with van der Waals surface area (Å²) >= 11 is 0. The Morgan fingerprint density at radius 1 is 1.17 bits per heavy atom. The largest absolute Gasteiger partial charge is 0.352 e. The molecule has 3 rings (SSSR count). The number of rotatable bonds is 7. The van der Waals surface area contributed by atoms with Gasteiger partial charge < -0.3 is 9.84 Å². The van der Waals surface area contributed by atoms with Crippen molar-refractivity contribution in [1.29, 1.82) is 0 Å². The fourth-order valence-corrected chi connectivity index (χ4v) is 4.54. The fraction of sp³-hybridized carbons (Fsp3) is 0.550. The number of amides is 1. The first-order valence-electron chi connectivity index (χ1n) is 9.85. The molecule has 8 nitrogen and oxygen atoms in total. The van der Waals surface area contributed by atoms with E-state index in [0.717, 1.165) is 18.4 Å². The van der Waals surface area contributed by atoms with Gasteiger partial charge in [0.1, 0.15) is 0 Å². The van der Waals surface area contributed by atoms with Gasteiger partial charge >= 0.3 is 0 Å². The molecule has 1 fully saturated rings. The van der Waals surface area contributed by atoms with Crippen molar-refractivity contribution in [2.45, 2.75) is 63.3 Å². The molecule has 29 heavy (non-hydrogen) atoms. The Hall–Kier alpha value is -2.26. The Balaban J connectivity index is 1.48. The number of benzene rings is 1. The van der Waals surface area contributed by atoms with Crippen LogP contribution < -0.4 is 5.32 Å². The lowest BCUT2D eigenvalue weighted by atomic mass is 9.96. The Morgan fingerprint density at radius 2 is 1.83 bits per heavy atom. The molecule has 0 aliphatic carbocycles. The number of carbonyl (C=O) groups is 1. The van der Waals surface area contributed by atoms with Crippen LogP contribution in [0.2, 0.25) is 0 Å². The number of aromatic nitrogens is 2. The number of nitrogens with zero attached hydrogens (tertiary/aromatic N) is 3. The van der Waals surface area contributed by atoms with Gasteiger partial charge in [0.05, 0.1) is 4.90 Å². The monoisotopic (exact) mass is 420 g/mol. The number of nitrogens with one attached hydrogen (secondary N) is 1. The molecule has 1 aliphatic rings. The summed E-state index contributed by atoms with van der Waals surface area (Å²) in [6.45, 7) is 7.48. The van der Waals surface area contributed by atoms with E-state index in [-0.39, 0.29) is 17.7 Å². The lowest BCUT2D eigenvalue weighted by Crippen LogP contribution is -2.28. The topological polar surface area (TPSA) is 105 Å². The van der Waals surface area contributed by atoms with Crippen molar-refractivity contribution in [1.82, 2.24) is 19.8 Å². The molecule has 158 valence electrons. The average Bonchev–Trinajstić information content (AvgIpc) is 3.36. The number of hydrogen-bond donors (Lipinski definition) is 1. The molecule has 1 N–H and O–H groups in total. The minimum absolute atomic E-state index is 0.130. The van der Waals surface area contributed by atoms with Crippen LogP contribution in [-0.2, 0) is 33.2 Å². The van der Waals surface area contributed by atoms with Crippen molar-refractivity contribution in [3.8, 4) is 0 Å². The summed E-state index contributed by atoms with van der Waals surface area (Å²) in [5, 5.41) is 6.78. The van der Waals surface area contributed by atoms with Crippen molar-refractivity contribution in [3.63, 3.8) is 0 Å². The lowest BCUT2D eigenvalue weighted by molar-refractivity contribution is -0.121. The first-order chi connectivity index (χ1) is 13.7. The molecule has 0 bridgehead atoms. The van der Waals surface area contributed by atoms with Gasteiger partial charge in [-0.3, -0.25) is 4.79 Å². The lowest BCUT2D eigenvalue weighted by Gasteiger charge is -2.15. The molecule has 1 amide bonds. The smallest absolute Gasteiger partial charge is 0.243 e. The third-order valence-electron chi connectivity index (χ3n) is 4.82. The molecule has 1 aliphatic heterocycles. The highest BCUT2D eigenvalue weighted by atomic mass is 32.2. The molecule has 0 atom stereocenters. The molecule has 0 saturated carbocycles. The predicted molar refractivity (Wildman–Crippen MR) is 108 cm³/mol. The van der Waals surface area contributed by atoms with Crippen molar-refractivity contribution in [2.75, 3.05) is 13.1 Å². The van der Waals surface area contributed by atoms with Gasteiger partial charge in [-0.25, -0.2) is 8.42 Å². The maximum atomic E-state index is 12.5. The second-order valence-corrected chi connectivity index (χ2v) is 10.2. The van der Waals surface area contributed by atoms with Crippen LogP contribution in [0.4, 0.5) is 0 Å². The average molecular weight is 421 g/mol. The van der Waals surface area contributed by atoms with Crippen LogP contribution in [0.15, 0.2) is 33.7 Å².